The van der Waals surface area contributed by atoms with E-state index < -0.39 is 5.69 Å². The van der Waals surface area contributed by atoms with Crippen LogP contribution in [0.5, 0.6) is 0 Å². The predicted molar refractivity (Wildman–Crippen MR) is 82.0 cm³/mol. The van der Waals surface area contributed by atoms with Gasteiger partial charge in [-0.05, 0) is 25.8 Å². The van der Waals surface area contributed by atoms with Gasteiger partial charge in [0.15, 0.2) is 0 Å². The Balaban J connectivity index is 1.78. The number of ether oxygens (including phenoxy) is 1. The highest BCUT2D eigenvalue weighted by atomic mass is 16.5. The molecule has 0 bridgehead atoms. The number of carbonyl (C=O) groups excluding carboxylic acids is 1. The molecule has 23 heavy (non-hydrogen) atoms. The third-order valence-electron chi connectivity index (χ3n) is 3.80. The first-order chi connectivity index (χ1) is 11.0. The van der Waals surface area contributed by atoms with E-state index in [1.165, 1.54) is 0 Å². The number of H-pyrrole nitrogens is 1. The molecule has 0 saturated carbocycles. The van der Waals surface area contributed by atoms with E-state index in [1.807, 2.05) is 13.2 Å². The molecule has 0 radical (unpaired) electrons. The molecule has 0 aromatic carbocycles. The minimum atomic E-state index is -0.529. The molecule has 0 unspecified atom stereocenters. The van der Waals surface area contributed by atoms with Crippen LogP contribution in [0.3, 0.4) is 0 Å². The second-order valence-electron chi connectivity index (χ2n) is 5.72. The zero-order valence-electron chi connectivity index (χ0n) is 13.1. The van der Waals surface area contributed by atoms with Gasteiger partial charge in [-0.15, -0.1) is 0 Å². The van der Waals surface area contributed by atoms with Crippen LogP contribution in [0.25, 0.3) is 0 Å². The molecule has 122 valence electrons. The van der Waals surface area contributed by atoms with Gasteiger partial charge in [0, 0.05) is 31.1 Å². The number of hydrogen-bond acceptors (Lipinski definition) is 5. The van der Waals surface area contributed by atoms with Crippen molar-refractivity contribution in [3.05, 3.63) is 45.9 Å². The van der Waals surface area contributed by atoms with Gasteiger partial charge in [-0.2, -0.15) is 10.1 Å². The maximum Gasteiger partial charge on any atom is 0.345 e. The molecule has 3 rings (SSSR count). The monoisotopic (exact) mass is 317 g/mol. The van der Waals surface area contributed by atoms with E-state index in [2.05, 4.69) is 20.4 Å². The molecule has 3 heterocycles. The van der Waals surface area contributed by atoms with Crippen LogP contribution in [0.15, 0.2) is 23.3 Å². The summed E-state index contributed by atoms with van der Waals surface area (Å²) < 4.78 is 7.52. The highest BCUT2D eigenvalue weighted by Crippen LogP contribution is 2.28. The number of aromatic amines is 1. The molecule has 0 aliphatic carbocycles. The van der Waals surface area contributed by atoms with Gasteiger partial charge in [-0.1, -0.05) is 0 Å². The lowest BCUT2D eigenvalue weighted by atomic mass is 9.98. The minimum Gasteiger partial charge on any atom is -0.371 e. The first kappa shape index (κ1) is 15.4. The molecule has 2 aromatic heterocycles. The number of nitrogens with zero attached hydrogens (tertiary/aromatic N) is 3. The first-order valence-corrected chi connectivity index (χ1v) is 7.52. The smallest absolute Gasteiger partial charge is 0.345 e. The Hall–Kier alpha value is -2.48. The summed E-state index contributed by atoms with van der Waals surface area (Å²) in [5.41, 5.74) is 1.10. The molecule has 2 aromatic rings. The van der Waals surface area contributed by atoms with Crippen molar-refractivity contribution >= 4 is 5.91 Å². The number of rotatable bonds is 3. The molecule has 1 saturated heterocycles. The quantitative estimate of drug-likeness (QED) is 0.856. The zero-order chi connectivity index (χ0) is 16.4. The molecule has 1 aliphatic rings. The lowest BCUT2D eigenvalue weighted by Gasteiger charge is -2.31. The van der Waals surface area contributed by atoms with Crippen molar-refractivity contribution in [1.82, 2.24) is 25.1 Å². The fourth-order valence-electron chi connectivity index (χ4n) is 2.78. The molecule has 1 fully saturated rings. The van der Waals surface area contributed by atoms with E-state index in [1.54, 1.807) is 23.9 Å². The third-order valence-corrected chi connectivity index (χ3v) is 3.80. The van der Waals surface area contributed by atoms with Crippen LogP contribution in [0, 0.1) is 6.92 Å². The number of hydrogen-bond donors (Lipinski definition) is 2. The third kappa shape index (κ3) is 3.48. The molecule has 1 amide bonds. The Labute approximate surface area is 132 Å². The molecular formula is C15H19N5O3. The van der Waals surface area contributed by atoms with E-state index >= 15 is 0 Å². The van der Waals surface area contributed by atoms with Crippen LogP contribution in [0.1, 0.15) is 40.7 Å². The summed E-state index contributed by atoms with van der Waals surface area (Å²) in [6.45, 7) is 2.36. The summed E-state index contributed by atoms with van der Waals surface area (Å²) in [6.07, 6.45) is 5.04. The molecule has 2 atom stereocenters. The maximum atomic E-state index is 12.4. The lowest BCUT2D eigenvalue weighted by Crippen LogP contribution is -2.43. The van der Waals surface area contributed by atoms with Crippen molar-refractivity contribution in [3.63, 3.8) is 0 Å². The summed E-state index contributed by atoms with van der Waals surface area (Å²) in [7, 11) is 1.84. The van der Waals surface area contributed by atoms with Gasteiger partial charge in [0.05, 0.1) is 12.2 Å². The van der Waals surface area contributed by atoms with Crippen molar-refractivity contribution in [2.75, 3.05) is 6.61 Å². The SMILES string of the molecule is Cc1cc(C(=O)N[C@H]2CCCO[C@@H]2c2cnn(C)c2)nc(=O)[nH]1. The van der Waals surface area contributed by atoms with E-state index in [9.17, 15) is 9.59 Å². The summed E-state index contributed by atoms with van der Waals surface area (Å²) >= 11 is 0. The van der Waals surface area contributed by atoms with E-state index in [0.29, 0.717) is 12.3 Å². The highest BCUT2D eigenvalue weighted by Gasteiger charge is 2.30. The Kier molecular flexibility index (Phi) is 4.24. The zero-order valence-corrected chi connectivity index (χ0v) is 13.1. The molecule has 8 nitrogen and oxygen atoms in total. The fraction of sp³-hybridized carbons (Fsp3) is 0.467. The summed E-state index contributed by atoms with van der Waals surface area (Å²) in [5, 5.41) is 7.08. The molecule has 8 heteroatoms. The molecular weight excluding hydrogens is 298 g/mol. The number of aromatic nitrogens is 4. The summed E-state index contributed by atoms with van der Waals surface area (Å²) in [5.74, 6) is -0.372. The van der Waals surface area contributed by atoms with Crippen molar-refractivity contribution in [2.45, 2.75) is 31.9 Å². The van der Waals surface area contributed by atoms with Crippen LogP contribution >= 0.6 is 0 Å². The van der Waals surface area contributed by atoms with Crippen molar-refractivity contribution in [1.29, 1.82) is 0 Å². The van der Waals surface area contributed by atoms with Crippen LogP contribution in [-0.2, 0) is 11.8 Å². The standard InChI is InChI=1S/C15H19N5O3/c1-9-6-12(19-15(22)17-9)14(21)18-11-4-3-5-23-13(11)10-7-16-20(2)8-10/h6-8,11,13H,3-5H2,1-2H3,(H,18,21)(H,17,19,22)/t11-,13+/m0/s1. The number of aryl methyl sites for hydroxylation is 2. The van der Waals surface area contributed by atoms with Crippen molar-refractivity contribution < 1.29 is 9.53 Å². The normalized spacial score (nSPS) is 21.1. The van der Waals surface area contributed by atoms with Crippen molar-refractivity contribution in [3.8, 4) is 0 Å². The first-order valence-electron chi connectivity index (χ1n) is 7.52. The molecule has 1 aliphatic heterocycles. The average Bonchev–Trinajstić information content (AvgIpc) is 2.93. The van der Waals surface area contributed by atoms with E-state index in [0.717, 1.165) is 18.4 Å². The van der Waals surface area contributed by atoms with Crippen molar-refractivity contribution in [2.24, 2.45) is 7.05 Å². The van der Waals surface area contributed by atoms with Crippen LogP contribution in [0.2, 0.25) is 0 Å². The topological polar surface area (TPSA) is 102 Å². The maximum absolute atomic E-state index is 12.4. The lowest BCUT2D eigenvalue weighted by molar-refractivity contribution is -0.00955. The summed E-state index contributed by atoms with van der Waals surface area (Å²) in [6, 6.07) is 1.38. The van der Waals surface area contributed by atoms with Gasteiger partial charge in [0.2, 0.25) is 0 Å². The number of carbonyl (C=O) groups is 1. The Morgan fingerprint density at radius 2 is 2.35 bits per heavy atom. The van der Waals surface area contributed by atoms with Gasteiger partial charge in [-0.25, -0.2) is 4.79 Å². The van der Waals surface area contributed by atoms with Gasteiger partial charge in [0.25, 0.3) is 5.91 Å². The Morgan fingerprint density at radius 1 is 1.52 bits per heavy atom. The predicted octanol–water partition coefficient (Wildman–Crippen LogP) is 0.462. The van der Waals surface area contributed by atoms with Crippen LogP contribution in [-0.4, -0.2) is 38.3 Å². The Morgan fingerprint density at radius 3 is 3.04 bits per heavy atom. The van der Waals surface area contributed by atoms with E-state index in [4.69, 9.17) is 4.74 Å². The largest absolute Gasteiger partial charge is 0.371 e. The van der Waals surface area contributed by atoms with Gasteiger partial charge < -0.3 is 15.0 Å². The van der Waals surface area contributed by atoms with Crippen LogP contribution in [0.4, 0.5) is 0 Å². The molecule has 2 N–H and O–H groups in total. The van der Waals surface area contributed by atoms with E-state index in [-0.39, 0.29) is 23.7 Å². The van der Waals surface area contributed by atoms with Gasteiger partial charge in [-0.3, -0.25) is 9.48 Å². The Bertz CT molecular complexity index is 766. The fourth-order valence-corrected chi connectivity index (χ4v) is 2.78. The minimum absolute atomic E-state index is 0.113. The summed E-state index contributed by atoms with van der Waals surface area (Å²) in [4.78, 5) is 30.1. The number of amides is 1. The second-order valence-corrected chi connectivity index (χ2v) is 5.72. The number of nitrogens with one attached hydrogen (secondary N) is 2. The molecule has 0 spiro atoms. The van der Waals surface area contributed by atoms with Gasteiger partial charge in [0.1, 0.15) is 11.8 Å². The van der Waals surface area contributed by atoms with Gasteiger partial charge >= 0.3 is 5.69 Å². The average molecular weight is 317 g/mol. The van der Waals surface area contributed by atoms with Crippen LogP contribution < -0.4 is 11.0 Å². The second kappa shape index (κ2) is 6.33. The highest BCUT2D eigenvalue weighted by molar-refractivity contribution is 5.92.